The third-order valence-electron chi connectivity index (χ3n) is 3.38. The maximum atomic E-state index is 11.4. The number of carbonyl (C=O) groups excluding carboxylic acids is 1. The Labute approximate surface area is 96.7 Å². The van der Waals surface area contributed by atoms with E-state index in [1.165, 1.54) is 0 Å². The molecule has 0 aromatic carbocycles. The van der Waals surface area contributed by atoms with Gasteiger partial charge in [0.2, 0.25) is 5.91 Å². The molecule has 0 aromatic heterocycles. The lowest BCUT2D eigenvalue weighted by atomic mass is 9.84. The summed E-state index contributed by atoms with van der Waals surface area (Å²) in [6, 6.07) is 0. The highest BCUT2D eigenvalue weighted by atomic mass is 16.5. The van der Waals surface area contributed by atoms with Gasteiger partial charge in [-0.25, -0.2) is 0 Å². The summed E-state index contributed by atoms with van der Waals surface area (Å²) >= 11 is 0. The van der Waals surface area contributed by atoms with Crippen molar-refractivity contribution in [3.05, 3.63) is 12.2 Å². The van der Waals surface area contributed by atoms with Crippen molar-refractivity contribution in [3.63, 3.8) is 0 Å². The van der Waals surface area contributed by atoms with Crippen LogP contribution in [0.15, 0.2) is 12.2 Å². The average Bonchev–Trinajstić information content (AvgIpc) is 2.57. The van der Waals surface area contributed by atoms with Crippen molar-refractivity contribution in [3.8, 4) is 0 Å². The highest BCUT2D eigenvalue weighted by Gasteiger charge is 2.45. The van der Waals surface area contributed by atoms with Crippen LogP contribution in [-0.4, -0.2) is 35.9 Å². The molecule has 4 nitrogen and oxygen atoms in total. The molecule has 0 spiro atoms. The molecule has 2 N–H and O–H groups in total. The summed E-state index contributed by atoms with van der Waals surface area (Å²) in [6.07, 6.45) is 0.309. The van der Waals surface area contributed by atoms with Gasteiger partial charge in [0.05, 0.1) is 6.10 Å². The molecular weight excluding hydrogens is 206 g/mol. The van der Waals surface area contributed by atoms with Crippen LogP contribution in [0.2, 0.25) is 0 Å². The Balaban J connectivity index is 2.66. The Morgan fingerprint density at radius 2 is 2.38 bits per heavy atom. The Morgan fingerprint density at radius 3 is 2.75 bits per heavy atom. The van der Waals surface area contributed by atoms with Gasteiger partial charge in [0.15, 0.2) is 0 Å². The summed E-state index contributed by atoms with van der Waals surface area (Å²) in [7, 11) is 0. The number of ether oxygens (including phenoxy) is 1. The first-order chi connectivity index (χ1) is 7.40. The van der Waals surface area contributed by atoms with Crippen molar-refractivity contribution < 1.29 is 14.6 Å². The molecule has 16 heavy (non-hydrogen) atoms. The number of hydrogen-bond acceptors (Lipinski definition) is 3. The Bertz CT molecular complexity index is 288. The first-order valence-corrected chi connectivity index (χ1v) is 5.66. The fourth-order valence-corrected chi connectivity index (χ4v) is 2.09. The summed E-state index contributed by atoms with van der Waals surface area (Å²) in [5.41, 5.74) is -0.183. The number of rotatable bonds is 4. The van der Waals surface area contributed by atoms with E-state index in [0.29, 0.717) is 18.7 Å². The second kappa shape index (κ2) is 4.97. The van der Waals surface area contributed by atoms with E-state index in [0.717, 1.165) is 6.42 Å². The maximum Gasteiger partial charge on any atom is 0.246 e. The van der Waals surface area contributed by atoms with Crippen LogP contribution >= 0.6 is 0 Å². The lowest BCUT2D eigenvalue weighted by molar-refractivity contribution is -0.124. The molecule has 0 aromatic rings. The summed E-state index contributed by atoms with van der Waals surface area (Å²) in [5, 5.41) is 12.6. The standard InChI is InChI=1S/C12H21NO3/c1-8(2)11(15)13-7-12(10(4)14)9(3)5-6-16-12/h9-10,14H,1,5-7H2,2-4H3,(H,13,15). The molecule has 3 atom stereocenters. The molecule has 1 aliphatic heterocycles. The van der Waals surface area contributed by atoms with Gasteiger partial charge < -0.3 is 15.2 Å². The third kappa shape index (κ3) is 2.44. The highest BCUT2D eigenvalue weighted by Crippen LogP contribution is 2.34. The molecule has 1 fully saturated rings. The van der Waals surface area contributed by atoms with Gasteiger partial charge in [0.25, 0.3) is 0 Å². The van der Waals surface area contributed by atoms with Crippen molar-refractivity contribution in [2.45, 2.75) is 38.9 Å². The van der Waals surface area contributed by atoms with E-state index in [9.17, 15) is 9.90 Å². The van der Waals surface area contributed by atoms with Crippen LogP contribution in [0.5, 0.6) is 0 Å². The molecule has 1 saturated heterocycles. The van der Waals surface area contributed by atoms with Gasteiger partial charge in [-0.15, -0.1) is 0 Å². The van der Waals surface area contributed by atoms with Gasteiger partial charge in [0, 0.05) is 18.7 Å². The van der Waals surface area contributed by atoms with Gasteiger partial charge in [-0.3, -0.25) is 4.79 Å². The predicted octanol–water partition coefficient (Wildman–Crippen LogP) is 0.855. The monoisotopic (exact) mass is 227 g/mol. The molecule has 1 rings (SSSR count). The van der Waals surface area contributed by atoms with E-state index in [2.05, 4.69) is 11.9 Å². The van der Waals surface area contributed by atoms with Crippen LogP contribution < -0.4 is 5.32 Å². The number of carbonyl (C=O) groups is 1. The van der Waals surface area contributed by atoms with Crippen LogP contribution in [0.4, 0.5) is 0 Å². The molecule has 0 saturated carbocycles. The summed E-state index contributed by atoms with van der Waals surface area (Å²) in [5.74, 6) is 0.0423. The Morgan fingerprint density at radius 1 is 1.75 bits per heavy atom. The quantitative estimate of drug-likeness (QED) is 0.700. The second-order valence-corrected chi connectivity index (χ2v) is 4.63. The van der Waals surface area contributed by atoms with Crippen LogP contribution in [0.25, 0.3) is 0 Å². The van der Waals surface area contributed by atoms with Crippen molar-refractivity contribution in [1.29, 1.82) is 0 Å². The molecule has 0 bridgehead atoms. The van der Waals surface area contributed by atoms with Crippen LogP contribution in [0, 0.1) is 5.92 Å². The van der Waals surface area contributed by atoms with Gasteiger partial charge in [-0.1, -0.05) is 13.5 Å². The molecule has 92 valence electrons. The summed E-state index contributed by atoms with van der Waals surface area (Å²) in [6.45, 7) is 9.93. The first kappa shape index (κ1) is 13.2. The van der Waals surface area contributed by atoms with Crippen molar-refractivity contribution in [1.82, 2.24) is 5.32 Å². The molecule has 3 unspecified atom stereocenters. The predicted molar refractivity (Wildman–Crippen MR) is 62.0 cm³/mol. The lowest BCUT2D eigenvalue weighted by Gasteiger charge is -2.35. The zero-order chi connectivity index (χ0) is 12.3. The summed E-state index contributed by atoms with van der Waals surface area (Å²) < 4.78 is 5.65. The molecule has 1 aliphatic rings. The third-order valence-corrected chi connectivity index (χ3v) is 3.38. The topological polar surface area (TPSA) is 58.6 Å². The normalized spacial score (nSPS) is 31.1. The van der Waals surface area contributed by atoms with E-state index in [-0.39, 0.29) is 11.8 Å². The van der Waals surface area contributed by atoms with Gasteiger partial charge in [-0.2, -0.15) is 0 Å². The SMILES string of the molecule is C=C(C)C(=O)NCC1(C(C)O)OCCC1C. The van der Waals surface area contributed by atoms with E-state index < -0.39 is 11.7 Å². The Hall–Kier alpha value is -0.870. The minimum Gasteiger partial charge on any atom is -0.390 e. The molecule has 0 radical (unpaired) electrons. The van der Waals surface area contributed by atoms with E-state index in [4.69, 9.17) is 4.74 Å². The van der Waals surface area contributed by atoms with Crippen LogP contribution in [-0.2, 0) is 9.53 Å². The number of aliphatic hydroxyl groups excluding tert-OH is 1. The van der Waals surface area contributed by atoms with Gasteiger partial charge >= 0.3 is 0 Å². The molecule has 1 heterocycles. The van der Waals surface area contributed by atoms with E-state index in [1.807, 2.05) is 6.92 Å². The summed E-state index contributed by atoms with van der Waals surface area (Å²) in [4.78, 5) is 11.4. The fraction of sp³-hybridized carbons (Fsp3) is 0.750. The molecule has 1 amide bonds. The minimum atomic E-state index is -0.648. The number of aliphatic hydroxyl groups is 1. The maximum absolute atomic E-state index is 11.4. The number of amides is 1. The molecule has 0 aliphatic carbocycles. The molecular formula is C12H21NO3. The van der Waals surface area contributed by atoms with Gasteiger partial charge in [-0.05, 0) is 26.2 Å². The van der Waals surface area contributed by atoms with Gasteiger partial charge in [0.1, 0.15) is 5.60 Å². The van der Waals surface area contributed by atoms with Crippen molar-refractivity contribution in [2.75, 3.05) is 13.2 Å². The van der Waals surface area contributed by atoms with Crippen molar-refractivity contribution in [2.24, 2.45) is 5.92 Å². The van der Waals surface area contributed by atoms with E-state index in [1.54, 1.807) is 13.8 Å². The minimum absolute atomic E-state index is 0.192. The number of nitrogens with one attached hydrogen (secondary N) is 1. The fourth-order valence-electron chi connectivity index (χ4n) is 2.09. The Kier molecular flexibility index (Phi) is 4.10. The molecule has 4 heteroatoms. The van der Waals surface area contributed by atoms with Crippen LogP contribution in [0.1, 0.15) is 27.2 Å². The highest BCUT2D eigenvalue weighted by molar-refractivity contribution is 5.92. The second-order valence-electron chi connectivity index (χ2n) is 4.63. The zero-order valence-electron chi connectivity index (χ0n) is 10.2. The smallest absolute Gasteiger partial charge is 0.246 e. The average molecular weight is 227 g/mol. The number of hydrogen-bond donors (Lipinski definition) is 2. The largest absolute Gasteiger partial charge is 0.390 e. The van der Waals surface area contributed by atoms with Crippen LogP contribution in [0.3, 0.4) is 0 Å². The first-order valence-electron chi connectivity index (χ1n) is 5.66. The lowest BCUT2D eigenvalue weighted by Crippen LogP contribution is -2.53. The zero-order valence-corrected chi connectivity index (χ0v) is 10.2. The van der Waals surface area contributed by atoms with E-state index >= 15 is 0 Å². The van der Waals surface area contributed by atoms with Crippen molar-refractivity contribution >= 4 is 5.91 Å².